The molecule has 4 saturated carbocycles. The van der Waals surface area contributed by atoms with Gasteiger partial charge < -0.3 is 25.2 Å². The molecule has 35 heavy (non-hydrogen) atoms. The zero-order chi connectivity index (χ0) is 24.8. The maximum Gasteiger partial charge on any atom is 0.255 e. The fourth-order valence-corrected chi connectivity index (χ4v) is 6.84. The maximum absolute atomic E-state index is 12.8. The van der Waals surface area contributed by atoms with E-state index in [0.29, 0.717) is 41.5 Å². The van der Waals surface area contributed by atoms with Crippen molar-refractivity contribution in [3.63, 3.8) is 0 Å². The van der Waals surface area contributed by atoms with Crippen LogP contribution in [0.5, 0.6) is 11.5 Å². The first-order chi connectivity index (χ1) is 16.9. The second-order valence-corrected chi connectivity index (χ2v) is 11.6. The number of carbonyl (C=O) groups excluding carboxylic acids is 1. The molecular formula is C28H41N3O4. The molecule has 3 N–H and O–H groups in total. The van der Waals surface area contributed by atoms with Crippen LogP contribution in [-0.2, 0) is 0 Å². The molecule has 0 heterocycles. The second-order valence-electron chi connectivity index (χ2n) is 11.6. The van der Waals surface area contributed by atoms with Crippen molar-refractivity contribution >= 4 is 5.91 Å². The highest BCUT2D eigenvalue weighted by molar-refractivity contribution is 5.97. The quantitative estimate of drug-likeness (QED) is 0.393. The van der Waals surface area contributed by atoms with Gasteiger partial charge in [0.25, 0.3) is 5.91 Å². The SMILES string of the molecule is CC(C)CCNC(=O)c1cc(OCC#N)ccc1OCC(O)CNCC12CC3CC(CC(C3)C1)C2. The summed E-state index contributed by atoms with van der Waals surface area (Å²) in [5, 5.41) is 25.8. The molecule has 4 bridgehead atoms. The smallest absolute Gasteiger partial charge is 0.255 e. The molecule has 0 aromatic heterocycles. The Kier molecular flexibility index (Phi) is 8.56. The number of nitriles is 1. The number of carbonyl (C=O) groups is 1. The Morgan fingerprint density at radius 2 is 1.86 bits per heavy atom. The summed E-state index contributed by atoms with van der Waals surface area (Å²) >= 11 is 0. The fraction of sp³-hybridized carbons (Fsp3) is 0.714. The second kappa shape index (κ2) is 11.6. The van der Waals surface area contributed by atoms with Crippen molar-refractivity contribution in [1.82, 2.24) is 10.6 Å². The minimum Gasteiger partial charge on any atom is -0.490 e. The van der Waals surface area contributed by atoms with Crippen LogP contribution in [0, 0.1) is 40.4 Å². The van der Waals surface area contributed by atoms with Gasteiger partial charge in [0.05, 0.1) is 5.56 Å². The van der Waals surface area contributed by atoms with Gasteiger partial charge in [0.15, 0.2) is 6.61 Å². The van der Waals surface area contributed by atoms with Crippen molar-refractivity contribution in [2.75, 3.05) is 32.8 Å². The van der Waals surface area contributed by atoms with Gasteiger partial charge in [-0.1, -0.05) is 13.8 Å². The first-order valence-corrected chi connectivity index (χ1v) is 13.3. The third-order valence-corrected chi connectivity index (χ3v) is 7.98. The Morgan fingerprint density at radius 3 is 2.49 bits per heavy atom. The molecule has 0 aliphatic heterocycles. The molecule has 0 saturated heterocycles. The van der Waals surface area contributed by atoms with Gasteiger partial charge in [-0.3, -0.25) is 4.79 Å². The highest BCUT2D eigenvalue weighted by Crippen LogP contribution is 2.59. The largest absolute Gasteiger partial charge is 0.490 e. The molecule has 7 heteroatoms. The number of benzene rings is 1. The summed E-state index contributed by atoms with van der Waals surface area (Å²) < 4.78 is 11.2. The number of hydrogen-bond acceptors (Lipinski definition) is 6. The predicted molar refractivity (Wildman–Crippen MR) is 134 cm³/mol. The lowest BCUT2D eigenvalue weighted by Gasteiger charge is -2.57. The van der Waals surface area contributed by atoms with Crippen molar-refractivity contribution in [2.45, 2.75) is 64.9 Å². The van der Waals surface area contributed by atoms with Crippen molar-refractivity contribution in [3.8, 4) is 17.6 Å². The first kappa shape index (κ1) is 25.8. The summed E-state index contributed by atoms with van der Waals surface area (Å²) in [5.74, 6) is 3.82. The highest BCUT2D eigenvalue weighted by atomic mass is 16.5. The first-order valence-electron chi connectivity index (χ1n) is 13.3. The van der Waals surface area contributed by atoms with Crippen LogP contribution in [0.4, 0.5) is 0 Å². The number of rotatable bonds is 13. The molecule has 0 spiro atoms. The van der Waals surface area contributed by atoms with Gasteiger partial charge in [0.1, 0.15) is 30.3 Å². The highest BCUT2D eigenvalue weighted by Gasteiger charge is 2.50. The van der Waals surface area contributed by atoms with E-state index in [1.165, 1.54) is 38.5 Å². The van der Waals surface area contributed by atoms with E-state index in [9.17, 15) is 9.90 Å². The lowest BCUT2D eigenvalue weighted by molar-refractivity contribution is -0.0524. The van der Waals surface area contributed by atoms with Gasteiger partial charge in [-0.15, -0.1) is 0 Å². The Bertz CT molecular complexity index is 875. The van der Waals surface area contributed by atoms with Crippen molar-refractivity contribution in [1.29, 1.82) is 5.26 Å². The zero-order valence-electron chi connectivity index (χ0n) is 21.2. The van der Waals surface area contributed by atoms with Crippen LogP contribution in [0.15, 0.2) is 18.2 Å². The van der Waals surface area contributed by atoms with Crippen LogP contribution in [0.3, 0.4) is 0 Å². The van der Waals surface area contributed by atoms with E-state index in [0.717, 1.165) is 30.7 Å². The normalized spacial score (nSPS) is 27.5. The number of nitrogens with zero attached hydrogens (tertiary/aromatic N) is 1. The number of hydrogen-bond donors (Lipinski definition) is 3. The van der Waals surface area contributed by atoms with E-state index in [2.05, 4.69) is 24.5 Å². The summed E-state index contributed by atoms with van der Waals surface area (Å²) in [6.07, 6.45) is 8.53. The topological polar surface area (TPSA) is 104 Å². The van der Waals surface area contributed by atoms with E-state index in [4.69, 9.17) is 14.7 Å². The molecular weight excluding hydrogens is 442 g/mol. The molecule has 1 atom stereocenters. The van der Waals surface area contributed by atoms with Crippen LogP contribution in [0.1, 0.15) is 69.2 Å². The number of aliphatic hydroxyl groups excluding tert-OH is 1. The van der Waals surface area contributed by atoms with E-state index in [1.54, 1.807) is 18.2 Å². The molecule has 7 nitrogen and oxygen atoms in total. The van der Waals surface area contributed by atoms with Crippen LogP contribution < -0.4 is 20.1 Å². The maximum atomic E-state index is 12.8. The van der Waals surface area contributed by atoms with Gasteiger partial charge >= 0.3 is 0 Å². The number of ether oxygens (including phenoxy) is 2. The van der Waals surface area contributed by atoms with Gasteiger partial charge in [0, 0.05) is 19.6 Å². The average Bonchev–Trinajstić information content (AvgIpc) is 2.80. The van der Waals surface area contributed by atoms with Gasteiger partial charge in [-0.2, -0.15) is 5.26 Å². The third kappa shape index (κ3) is 6.89. The minimum atomic E-state index is -0.671. The molecule has 5 rings (SSSR count). The monoisotopic (exact) mass is 483 g/mol. The molecule has 4 fully saturated rings. The standard InChI is InChI=1S/C28H41N3O4/c1-19(2)5-7-31-27(33)25-12-24(34-8-6-29)3-4-26(25)35-17-23(32)16-30-18-28-13-20-9-21(14-28)11-22(10-20)15-28/h3-4,12,19-23,30,32H,5,7-11,13-18H2,1-2H3,(H,31,33). The molecule has 4 aliphatic carbocycles. The van der Waals surface area contributed by atoms with E-state index < -0.39 is 6.10 Å². The van der Waals surface area contributed by atoms with Crippen molar-refractivity contribution in [2.24, 2.45) is 29.1 Å². The zero-order valence-corrected chi connectivity index (χ0v) is 21.2. The lowest BCUT2D eigenvalue weighted by atomic mass is 9.49. The van der Waals surface area contributed by atoms with Gasteiger partial charge in [-0.05, 0) is 92.2 Å². The third-order valence-electron chi connectivity index (χ3n) is 7.98. The van der Waals surface area contributed by atoms with Crippen LogP contribution >= 0.6 is 0 Å². The van der Waals surface area contributed by atoms with E-state index >= 15 is 0 Å². The Labute approximate surface area is 209 Å². The summed E-state index contributed by atoms with van der Waals surface area (Å²) in [6.45, 7) is 6.23. The molecule has 4 aliphatic rings. The molecule has 1 unspecified atom stereocenters. The summed E-state index contributed by atoms with van der Waals surface area (Å²) in [6, 6.07) is 6.87. The van der Waals surface area contributed by atoms with Crippen LogP contribution in [0.2, 0.25) is 0 Å². The lowest BCUT2D eigenvalue weighted by Crippen LogP contribution is -2.51. The Hall–Kier alpha value is -2.30. The number of amides is 1. The summed E-state index contributed by atoms with van der Waals surface area (Å²) in [4.78, 5) is 12.8. The molecule has 0 radical (unpaired) electrons. The molecule has 1 aromatic carbocycles. The number of aliphatic hydroxyl groups is 1. The average molecular weight is 484 g/mol. The molecule has 192 valence electrons. The minimum absolute atomic E-state index is 0.0945. The van der Waals surface area contributed by atoms with Crippen LogP contribution in [-0.4, -0.2) is 50.0 Å². The van der Waals surface area contributed by atoms with Crippen molar-refractivity contribution < 1.29 is 19.4 Å². The Balaban J connectivity index is 1.28. The van der Waals surface area contributed by atoms with Gasteiger partial charge in [-0.25, -0.2) is 0 Å². The van der Waals surface area contributed by atoms with E-state index in [-0.39, 0.29) is 19.1 Å². The van der Waals surface area contributed by atoms with Crippen LogP contribution in [0.25, 0.3) is 0 Å². The Morgan fingerprint density at radius 1 is 1.17 bits per heavy atom. The molecule has 1 aromatic rings. The van der Waals surface area contributed by atoms with Gasteiger partial charge in [0.2, 0.25) is 0 Å². The summed E-state index contributed by atoms with van der Waals surface area (Å²) in [5.41, 5.74) is 0.772. The predicted octanol–water partition coefficient (Wildman–Crippen LogP) is 3.91. The number of nitrogens with one attached hydrogen (secondary N) is 2. The summed E-state index contributed by atoms with van der Waals surface area (Å²) in [7, 11) is 0. The molecule has 1 amide bonds. The van der Waals surface area contributed by atoms with Crippen molar-refractivity contribution in [3.05, 3.63) is 23.8 Å². The van der Waals surface area contributed by atoms with E-state index in [1.807, 2.05) is 6.07 Å². The fourth-order valence-electron chi connectivity index (χ4n) is 6.84.